The summed E-state index contributed by atoms with van der Waals surface area (Å²) < 4.78 is 68.6. The number of halogens is 5. The third kappa shape index (κ3) is 4.94. The van der Waals surface area contributed by atoms with Crippen LogP contribution in [0.3, 0.4) is 0 Å². The van der Waals surface area contributed by atoms with E-state index in [0.29, 0.717) is 6.07 Å². The zero-order valence-corrected chi connectivity index (χ0v) is 12.3. The molecule has 3 nitrogen and oxygen atoms in total. The van der Waals surface area contributed by atoms with Crippen molar-refractivity contribution in [3.8, 4) is 28.7 Å². The fourth-order valence-corrected chi connectivity index (χ4v) is 2.07. The lowest BCUT2D eigenvalue weighted by molar-refractivity contribution is -0.137. The maximum absolute atomic E-state index is 13.3. The molecule has 8 heteroatoms. The second-order valence-electron chi connectivity index (χ2n) is 4.72. The van der Waals surface area contributed by atoms with Gasteiger partial charge in [-0.05, 0) is 35.4 Å². The summed E-state index contributed by atoms with van der Waals surface area (Å²) in [5.41, 5.74) is -1.46. The van der Waals surface area contributed by atoms with Crippen LogP contribution in [-0.2, 0) is 11.0 Å². The van der Waals surface area contributed by atoms with Gasteiger partial charge in [0.15, 0.2) is 0 Å². The SMILES string of the molecule is O=C(O)C#Cc1ccc(-c2cccc(OC(F)F)c2)c(C(F)(F)F)c1. The molecule has 0 aliphatic heterocycles. The number of hydrogen-bond acceptors (Lipinski definition) is 2. The second-order valence-corrected chi connectivity index (χ2v) is 4.72. The standard InChI is InChI=1S/C17H9F5O3/c18-16(19)25-12-3-1-2-11(9-12)13-6-4-10(5-7-15(23)24)8-14(13)17(20,21)22/h1-4,6,8-9,16H,(H,23,24). The van der Waals surface area contributed by atoms with Gasteiger partial charge in [-0.2, -0.15) is 22.0 Å². The highest BCUT2D eigenvalue weighted by Gasteiger charge is 2.34. The van der Waals surface area contributed by atoms with Crippen molar-refractivity contribution in [1.29, 1.82) is 0 Å². The first kappa shape index (κ1) is 18.3. The van der Waals surface area contributed by atoms with Gasteiger partial charge in [0.05, 0.1) is 5.56 Å². The van der Waals surface area contributed by atoms with E-state index in [2.05, 4.69) is 10.7 Å². The number of aliphatic carboxylic acids is 1. The van der Waals surface area contributed by atoms with Crippen molar-refractivity contribution in [2.24, 2.45) is 0 Å². The van der Waals surface area contributed by atoms with Gasteiger partial charge in [-0.3, -0.25) is 0 Å². The van der Waals surface area contributed by atoms with Crippen LogP contribution in [0.15, 0.2) is 42.5 Å². The van der Waals surface area contributed by atoms with Crippen molar-refractivity contribution in [2.75, 3.05) is 0 Å². The predicted molar refractivity (Wildman–Crippen MR) is 78.0 cm³/mol. The molecule has 1 N–H and O–H groups in total. The first-order valence-electron chi connectivity index (χ1n) is 6.68. The van der Waals surface area contributed by atoms with Crippen molar-refractivity contribution in [1.82, 2.24) is 0 Å². The average molecular weight is 356 g/mol. The Labute approximate surface area is 138 Å². The molecular weight excluding hydrogens is 347 g/mol. The van der Waals surface area contributed by atoms with Gasteiger partial charge in [-0.25, -0.2) is 4.79 Å². The molecule has 0 heterocycles. The topological polar surface area (TPSA) is 46.5 Å². The number of benzene rings is 2. The number of carbonyl (C=O) groups is 1. The number of hydrogen-bond donors (Lipinski definition) is 1. The van der Waals surface area contributed by atoms with Gasteiger partial charge < -0.3 is 9.84 Å². The summed E-state index contributed by atoms with van der Waals surface area (Å²) in [6.07, 6.45) is -4.75. The molecular formula is C17H9F5O3. The van der Waals surface area contributed by atoms with Crippen LogP contribution in [0.25, 0.3) is 11.1 Å². The summed E-state index contributed by atoms with van der Waals surface area (Å²) >= 11 is 0. The van der Waals surface area contributed by atoms with Crippen molar-refractivity contribution >= 4 is 5.97 Å². The normalized spacial score (nSPS) is 11.0. The van der Waals surface area contributed by atoms with E-state index in [1.807, 2.05) is 0 Å². The molecule has 2 rings (SSSR count). The number of carboxylic acid groups (broad SMARTS) is 1. The summed E-state index contributed by atoms with van der Waals surface area (Å²) in [4.78, 5) is 10.4. The lowest BCUT2D eigenvalue weighted by Gasteiger charge is -2.14. The third-order valence-electron chi connectivity index (χ3n) is 3.01. The molecule has 0 aliphatic rings. The minimum atomic E-state index is -4.75. The van der Waals surface area contributed by atoms with E-state index in [-0.39, 0.29) is 22.4 Å². The van der Waals surface area contributed by atoms with E-state index in [9.17, 15) is 26.7 Å². The maximum Gasteiger partial charge on any atom is 0.417 e. The molecule has 0 aliphatic carbocycles. The zero-order chi connectivity index (χ0) is 18.6. The molecule has 0 bridgehead atoms. The van der Waals surface area contributed by atoms with E-state index in [4.69, 9.17) is 5.11 Å². The van der Waals surface area contributed by atoms with Crippen LogP contribution >= 0.6 is 0 Å². The van der Waals surface area contributed by atoms with Crippen LogP contribution in [0.4, 0.5) is 22.0 Å². The minimum absolute atomic E-state index is 0.0169. The van der Waals surface area contributed by atoms with Gasteiger partial charge in [0, 0.05) is 11.5 Å². The minimum Gasteiger partial charge on any atom is -0.472 e. The molecule has 0 amide bonds. The monoisotopic (exact) mass is 356 g/mol. The zero-order valence-electron chi connectivity index (χ0n) is 12.3. The first-order valence-corrected chi connectivity index (χ1v) is 6.68. The average Bonchev–Trinajstić information content (AvgIpc) is 2.51. The van der Waals surface area contributed by atoms with Crippen LogP contribution < -0.4 is 4.74 Å². The molecule has 25 heavy (non-hydrogen) atoms. The van der Waals surface area contributed by atoms with Gasteiger partial charge in [0.25, 0.3) is 0 Å². The van der Waals surface area contributed by atoms with E-state index < -0.39 is 24.3 Å². The molecule has 0 radical (unpaired) electrons. The van der Waals surface area contributed by atoms with Crippen molar-refractivity contribution in [3.05, 3.63) is 53.6 Å². The number of alkyl halides is 5. The summed E-state index contributed by atoms with van der Waals surface area (Å²) in [5, 5.41) is 8.47. The Morgan fingerprint density at radius 3 is 2.44 bits per heavy atom. The fourth-order valence-electron chi connectivity index (χ4n) is 2.07. The molecule has 0 saturated carbocycles. The molecule has 2 aromatic carbocycles. The van der Waals surface area contributed by atoms with E-state index in [1.165, 1.54) is 24.3 Å². The Morgan fingerprint density at radius 2 is 1.84 bits per heavy atom. The largest absolute Gasteiger partial charge is 0.472 e. The molecule has 130 valence electrons. The maximum atomic E-state index is 13.3. The Bertz CT molecular complexity index is 847. The van der Waals surface area contributed by atoms with Crippen LogP contribution in [0.1, 0.15) is 11.1 Å². The van der Waals surface area contributed by atoms with E-state index >= 15 is 0 Å². The van der Waals surface area contributed by atoms with Gasteiger partial charge in [-0.15, -0.1) is 0 Å². The highest BCUT2D eigenvalue weighted by molar-refractivity contribution is 5.87. The molecule has 0 fully saturated rings. The highest BCUT2D eigenvalue weighted by atomic mass is 19.4. The summed E-state index contributed by atoms with van der Waals surface area (Å²) in [6, 6.07) is 7.84. The van der Waals surface area contributed by atoms with Crippen molar-refractivity contribution in [3.63, 3.8) is 0 Å². The van der Waals surface area contributed by atoms with E-state index in [0.717, 1.165) is 12.1 Å². The predicted octanol–water partition coefficient (Wildman–Crippen LogP) is 4.41. The van der Waals surface area contributed by atoms with Crippen LogP contribution in [0.5, 0.6) is 5.75 Å². The fraction of sp³-hybridized carbons (Fsp3) is 0.118. The lowest BCUT2D eigenvalue weighted by Crippen LogP contribution is -2.08. The van der Waals surface area contributed by atoms with Gasteiger partial charge in [0.1, 0.15) is 5.75 Å². The molecule has 2 aromatic rings. The molecule has 0 saturated heterocycles. The number of rotatable bonds is 3. The molecule has 0 spiro atoms. The molecule has 0 aromatic heterocycles. The summed E-state index contributed by atoms with van der Waals surface area (Å²) in [5.74, 6) is 2.07. The smallest absolute Gasteiger partial charge is 0.417 e. The number of carboxylic acids is 1. The van der Waals surface area contributed by atoms with E-state index in [1.54, 1.807) is 5.92 Å². The quantitative estimate of drug-likeness (QED) is 0.655. The Kier molecular flexibility index (Phi) is 5.27. The summed E-state index contributed by atoms with van der Waals surface area (Å²) in [6.45, 7) is -3.11. The summed E-state index contributed by atoms with van der Waals surface area (Å²) in [7, 11) is 0. The first-order chi connectivity index (χ1) is 11.7. The van der Waals surface area contributed by atoms with Crippen molar-refractivity contribution in [2.45, 2.75) is 12.8 Å². The lowest BCUT2D eigenvalue weighted by atomic mass is 9.97. The third-order valence-corrected chi connectivity index (χ3v) is 3.01. The Balaban J connectivity index is 2.54. The number of ether oxygens (including phenoxy) is 1. The Morgan fingerprint density at radius 1 is 1.12 bits per heavy atom. The van der Waals surface area contributed by atoms with Crippen LogP contribution in [0.2, 0.25) is 0 Å². The molecule has 0 unspecified atom stereocenters. The van der Waals surface area contributed by atoms with Gasteiger partial charge in [0.2, 0.25) is 0 Å². The second kappa shape index (κ2) is 7.21. The Hall–Kier alpha value is -3.08. The van der Waals surface area contributed by atoms with Gasteiger partial charge >= 0.3 is 18.8 Å². The highest BCUT2D eigenvalue weighted by Crippen LogP contribution is 2.38. The van der Waals surface area contributed by atoms with Crippen LogP contribution in [0, 0.1) is 11.8 Å². The molecule has 0 atom stereocenters. The van der Waals surface area contributed by atoms with Crippen LogP contribution in [-0.4, -0.2) is 17.7 Å². The van der Waals surface area contributed by atoms with Gasteiger partial charge in [-0.1, -0.05) is 24.1 Å². The van der Waals surface area contributed by atoms with Crippen molar-refractivity contribution < 1.29 is 36.6 Å².